The van der Waals surface area contributed by atoms with Crippen LogP contribution < -0.4 is 5.32 Å². The van der Waals surface area contributed by atoms with Gasteiger partial charge in [0.15, 0.2) is 6.10 Å². The molecule has 4 aromatic rings. The molecule has 0 aliphatic rings. The smallest absolute Gasteiger partial charge is 0.339 e. The van der Waals surface area contributed by atoms with Gasteiger partial charge in [0.25, 0.3) is 11.6 Å². The molecule has 1 amide bonds. The summed E-state index contributed by atoms with van der Waals surface area (Å²) in [5.74, 6) is -1.61. The number of nitro benzene ring substituents is 1. The summed E-state index contributed by atoms with van der Waals surface area (Å²) in [4.78, 5) is 49.4. The van der Waals surface area contributed by atoms with Crippen LogP contribution in [-0.2, 0) is 4.74 Å². The Morgan fingerprint density at radius 1 is 0.784 bits per heavy atom. The molecule has 0 saturated heterocycles. The highest BCUT2D eigenvalue weighted by molar-refractivity contribution is 6.05. The molecule has 8 nitrogen and oxygen atoms in total. The monoisotopic (exact) mass is 494 g/mol. The predicted octanol–water partition coefficient (Wildman–Crippen LogP) is 5.94. The number of carbonyl (C=O) groups is 3. The molecule has 1 N–H and O–H groups in total. The number of benzene rings is 4. The lowest BCUT2D eigenvalue weighted by molar-refractivity contribution is -0.384. The summed E-state index contributed by atoms with van der Waals surface area (Å²) in [5.41, 5.74) is 2.43. The Kier molecular flexibility index (Phi) is 7.49. The van der Waals surface area contributed by atoms with Crippen LogP contribution in [0.2, 0.25) is 0 Å². The van der Waals surface area contributed by atoms with Crippen LogP contribution in [0.1, 0.15) is 48.3 Å². The number of ketones is 1. The van der Waals surface area contributed by atoms with Gasteiger partial charge in [-0.1, -0.05) is 54.1 Å². The molecule has 0 bridgehead atoms. The lowest BCUT2D eigenvalue weighted by atomic mass is 9.99. The third kappa shape index (κ3) is 6.12. The molecule has 184 valence electrons. The quantitative estimate of drug-likeness (QED) is 0.140. The number of nitrogens with one attached hydrogen (secondary N) is 1. The van der Waals surface area contributed by atoms with Gasteiger partial charge in [0.2, 0.25) is 5.78 Å². The van der Waals surface area contributed by atoms with Gasteiger partial charge in [-0.3, -0.25) is 19.7 Å². The molecule has 0 fully saturated rings. The first kappa shape index (κ1) is 25.0. The Balaban J connectivity index is 1.57. The van der Waals surface area contributed by atoms with Crippen LogP contribution in [0.5, 0.6) is 0 Å². The third-order valence-electron chi connectivity index (χ3n) is 5.60. The molecule has 0 aliphatic heterocycles. The maximum atomic E-state index is 13.3. The van der Waals surface area contributed by atoms with Crippen molar-refractivity contribution in [1.29, 1.82) is 0 Å². The minimum Gasteiger partial charge on any atom is -0.445 e. The summed E-state index contributed by atoms with van der Waals surface area (Å²) in [7, 11) is 0. The average Bonchev–Trinajstić information content (AvgIpc) is 2.92. The first-order valence-electron chi connectivity index (χ1n) is 11.3. The van der Waals surface area contributed by atoms with Gasteiger partial charge in [0.1, 0.15) is 0 Å². The maximum absolute atomic E-state index is 13.3. The van der Waals surface area contributed by atoms with Crippen molar-refractivity contribution in [3.8, 4) is 0 Å². The fourth-order valence-corrected chi connectivity index (χ4v) is 3.60. The Labute approximate surface area is 212 Å². The van der Waals surface area contributed by atoms with E-state index in [0.29, 0.717) is 16.8 Å². The molecular weight excluding hydrogens is 472 g/mol. The second-order valence-electron chi connectivity index (χ2n) is 8.27. The standard InChI is InChI=1S/C29H22N2O6/c1-19-10-12-22(13-11-19)28(33)30-24-9-5-8-23(18-24)29(34)37-27(26(32)20-6-3-2-4-7-20)21-14-16-25(17-15-21)31(35)36/h2-18,27H,1H3,(H,30,33)/t27-/m0/s1. The highest BCUT2D eigenvalue weighted by Gasteiger charge is 2.27. The van der Waals surface area contributed by atoms with Crippen molar-refractivity contribution in [2.24, 2.45) is 0 Å². The van der Waals surface area contributed by atoms with E-state index in [1.807, 2.05) is 19.1 Å². The molecular formula is C29H22N2O6. The van der Waals surface area contributed by atoms with Crippen LogP contribution >= 0.6 is 0 Å². The molecule has 4 rings (SSSR count). The van der Waals surface area contributed by atoms with E-state index < -0.39 is 22.8 Å². The predicted molar refractivity (Wildman–Crippen MR) is 138 cm³/mol. The minimum absolute atomic E-state index is 0.120. The largest absolute Gasteiger partial charge is 0.445 e. The van der Waals surface area contributed by atoms with E-state index in [-0.39, 0.29) is 22.7 Å². The molecule has 1 atom stereocenters. The van der Waals surface area contributed by atoms with Crippen molar-refractivity contribution in [1.82, 2.24) is 0 Å². The van der Waals surface area contributed by atoms with E-state index in [2.05, 4.69) is 5.32 Å². The van der Waals surface area contributed by atoms with E-state index in [1.54, 1.807) is 54.6 Å². The number of non-ortho nitro benzene ring substituents is 1. The Bertz CT molecular complexity index is 1450. The lowest BCUT2D eigenvalue weighted by Crippen LogP contribution is -2.20. The van der Waals surface area contributed by atoms with Crippen LogP contribution in [0, 0.1) is 17.0 Å². The molecule has 37 heavy (non-hydrogen) atoms. The van der Waals surface area contributed by atoms with E-state index in [1.165, 1.54) is 36.4 Å². The van der Waals surface area contributed by atoms with Gasteiger partial charge >= 0.3 is 5.97 Å². The number of carbonyl (C=O) groups excluding carboxylic acids is 3. The van der Waals surface area contributed by atoms with Gasteiger partial charge in [-0.2, -0.15) is 0 Å². The summed E-state index contributed by atoms with van der Waals surface area (Å²) < 4.78 is 5.63. The Morgan fingerprint density at radius 2 is 1.43 bits per heavy atom. The zero-order valence-electron chi connectivity index (χ0n) is 19.8. The molecule has 0 unspecified atom stereocenters. The summed E-state index contributed by atoms with van der Waals surface area (Å²) in [6.07, 6.45) is -1.33. The highest BCUT2D eigenvalue weighted by atomic mass is 16.6. The number of Topliss-reactive ketones (excluding diaryl/α,β-unsaturated/α-hetero) is 1. The van der Waals surface area contributed by atoms with Crippen LogP contribution in [0.4, 0.5) is 11.4 Å². The van der Waals surface area contributed by atoms with Crippen molar-refractivity contribution >= 4 is 29.0 Å². The maximum Gasteiger partial charge on any atom is 0.339 e. The van der Waals surface area contributed by atoms with Crippen LogP contribution in [0.15, 0.2) is 103 Å². The van der Waals surface area contributed by atoms with Gasteiger partial charge in [0, 0.05) is 34.5 Å². The summed E-state index contributed by atoms with van der Waals surface area (Å²) in [6.45, 7) is 1.92. The van der Waals surface area contributed by atoms with Crippen molar-refractivity contribution in [3.63, 3.8) is 0 Å². The SMILES string of the molecule is Cc1ccc(C(=O)Nc2cccc(C(=O)O[C@H](C(=O)c3ccccc3)c3ccc([N+](=O)[O-])cc3)c2)cc1. The van der Waals surface area contributed by atoms with Crippen LogP contribution in [-0.4, -0.2) is 22.6 Å². The molecule has 4 aromatic carbocycles. The number of esters is 1. The van der Waals surface area contributed by atoms with Crippen molar-refractivity contribution < 1.29 is 24.0 Å². The van der Waals surface area contributed by atoms with E-state index in [4.69, 9.17) is 4.74 Å². The Hall–Kier alpha value is -5.11. The fraction of sp³-hybridized carbons (Fsp3) is 0.0690. The normalized spacial score (nSPS) is 11.3. The first-order chi connectivity index (χ1) is 17.8. The zero-order valence-corrected chi connectivity index (χ0v) is 19.8. The number of anilines is 1. The first-order valence-corrected chi connectivity index (χ1v) is 11.3. The van der Waals surface area contributed by atoms with E-state index in [0.717, 1.165) is 5.56 Å². The molecule has 0 saturated carbocycles. The summed E-state index contributed by atoms with van der Waals surface area (Å²) in [6, 6.07) is 26.8. The number of aryl methyl sites for hydroxylation is 1. The average molecular weight is 495 g/mol. The van der Waals surface area contributed by atoms with Gasteiger partial charge in [0.05, 0.1) is 10.5 Å². The molecule has 0 aliphatic carbocycles. The molecule has 0 radical (unpaired) electrons. The molecule has 0 spiro atoms. The number of nitro groups is 1. The van der Waals surface area contributed by atoms with Crippen molar-refractivity contribution in [2.45, 2.75) is 13.0 Å². The third-order valence-corrected chi connectivity index (χ3v) is 5.60. The highest BCUT2D eigenvalue weighted by Crippen LogP contribution is 2.26. The number of hydrogen-bond acceptors (Lipinski definition) is 6. The topological polar surface area (TPSA) is 116 Å². The summed E-state index contributed by atoms with van der Waals surface area (Å²) >= 11 is 0. The fourth-order valence-electron chi connectivity index (χ4n) is 3.60. The van der Waals surface area contributed by atoms with Gasteiger partial charge in [-0.15, -0.1) is 0 Å². The van der Waals surface area contributed by atoms with Crippen molar-refractivity contribution in [2.75, 3.05) is 5.32 Å². The number of ether oxygens (including phenoxy) is 1. The number of nitrogens with zero attached hydrogens (tertiary/aromatic N) is 1. The van der Waals surface area contributed by atoms with Crippen LogP contribution in [0.3, 0.4) is 0 Å². The van der Waals surface area contributed by atoms with Gasteiger partial charge in [-0.25, -0.2) is 4.79 Å². The lowest BCUT2D eigenvalue weighted by Gasteiger charge is -2.18. The molecule has 0 heterocycles. The number of rotatable bonds is 8. The number of amides is 1. The molecule has 0 aromatic heterocycles. The number of hydrogen-bond donors (Lipinski definition) is 1. The Morgan fingerprint density at radius 3 is 2.08 bits per heavy atom. The summed E-state index contributed by atoms with van der Waals surface area (Å²) in [5, 5.41) is 13.8. The molecule has 8 heteroatoms. The second-order valence-corrected chi connectivity index (χ2v) is 8.27. The van der Waals surface area contributed by atoms with Gasteiger partial charge < -0.3 is 10.1 Å². The second kappa shape index (κ2) is 11.1. The van der Waals surface area contributed by atoms with E-state index >= 15 is 0 Å². The van der Waals surface area contributed by atoms with Gasteiger partial charge in [-0.05, 0) is 49.4 Å². The minimum atomic E-state index is -1.33. The van der Waals surface area contributed by atoms with E-state index in [9.17, 15) is 24.5 Å². The van der Waals surface area contributed by atoms with Crippen molar-refractivity contribution in [3.05, 3.63) is 141 Å². The zero-order chi connectivity index (χ0) is 26.4. The van der Waals surface area contributed by atoms with Crippen LogP contribution in [0.25, 0.3) is 0 Å².